The van der Waals surface area contributed by atoms with E-state index < -0.39 is 22.0 Å². The first-order valence-electron chi connectivity index (χ1n) is 8.80. The second-order valence-electron chi connectivity index (χ2n) is 6.37. The summed E-state index contributed by atoms with van der Waals surface area (Å²) in [4.78, 5) is 12.8. The second-order valence-corrected chi connectivity index (χ2v) is 8.09. The van der Waals surface area contributed by atoms with Gasteiger partial charge in [-0.2, -0.15) is 4.72 Å². The van der Waals surface area contributed by atoms with Gasteiger partial charge in [-0.05, 0) is 30.2 Å². The van der Waals surface area contributed by atoms with E-state index in [4.69, 9.17) is 4.74 Å². The number of carbonyl (C=O) groups is 1. The number of nitrogens with one attached hydrogen (secondary N) is 1. The van der Waals surface area contributed by atoms with Crippen LogP contribution in [0.3, 0.4) is 0 Å². The first-order chi connectivity index (χ1) is 13.5. The highest BCUT2D eigenvalue weighted by molar-refractivity contribution is 7.89. The molecule has 0 saturated heterocycles. The first kappa shape index (κ1) is 19.8. The Morgan fingerprint density at radius 3 is 2.07 bits per heavy atom. The second kappa shape index (κ2) is 8.82. The Kier molecular flexibility index (Phi) is 6.23. The predicted molar refractivity (Wildman–Crippen MR) is 107 cm³/mol. The normalized spacial score (nSPS) is 12.3. The van der Waals surface area contributed by atoms with Crippen LogP contribution in [0.5, 0.6) is 0 Å². The highest BCUT2D eigenvalue weighted by Crippen LogP contribution is 2.20. The quantitative estimate of drug-likeness (QED) is 0.618. The van der Waals surface area contributed by atoms with Crippen molar-refractivity contribution < 1.29 is 17.9 Å². The molecule has 144 valence electrons. The van der Waals surface area contributed by atoms with Crippen molar-refractivity contribution in [3.05, 3.63) is 102 Å². The summed E-state index contributed by atoms with van der Waals surface area (Å²) in [6, 6.07) is 23.2. The minimum atomic E-state index is -3.90. The lowest BCUT2D eigenvalue weighted by molar-refractivity contribution is -0.147. The number of sulfonamides is 1. The zero-order valence-electron chi connectivity index (χ0n) is 15.4. The van der Waals surface area contributed by atoms with Gasteiger partial charge in [-0.1, -0.05) is 78.4 Å². The van der Waals surface area contributed by atoms with E-state index in [0.29, 0.717) is 5.56 Å². The van der Waals surface area contributed by atoms with Gasteiger partial charge in [0.25, 0.3) is 0 Å². The van der Waals surface area contributed by atoms with Crippen molar-refractivity contribution in [3.63, 3.8) is 0 Å². The molecular weight excluding hydrogens is 374 g/mol. The van der Waals surface area contributed by atoms with Crippen LogP contribution in [0.1, 0.15) is 22.7 Å². The molecule has 1 atom stereocenters. The minimum Gasteiger partial charge on any atom is -0.459 e. The minimum absolute atomic E-state index is 0.0647. The molecule has 1 N–H and O–H groups in total. The lowest BCUT2D eigenvalue weighted by atomic mass is 10.1. The first-order valence-corrected chi connectivity index (χ1v) is 10.3. The van der Waals surface area contributed by atoms with Gasteiger partial charge in [0.2, 0.25) is 10.0 Å². The Hall–Kier alpha value is -2.96. The number of hydrogen-bond acceptors (Lipinski definition) is 4. The number of ether oxygens (including phenoxy) is 1. The Balaban J connectivity index is 1.83. The number of carbonyl (C=O) groups excluding carboxylic acids is 1. The van der Waals surface area contributed by atoms with E-state index in [0.717, 1.165) is 11.1 Å². The summed E-state index contributed by atoms with van der Waals surface area (Å²) in [5.74, 6) is -0.661. The third kappa shape index (κ3) is 5.06. The summed E-state index contributed by atoms with van der Waals surface area (Å²) in [6.07, 6.45) is 0. The van der Waals surface area contributed by atoms with Crippen molar-refractivity contribution in [1.82, 2.24) is 4.72 Å². The molecule has 3 rings (SSSR count). The molecule has 0 unspecified atom stereocenters. The topological polar surface area (TPSA) is 72.5 Å². The third-order valence-corrected chi connectivity index (χ3v) is 5.64. The Morgan fingerprint density at radius 1 is 0.893 bits per heavy atom. The Morgan fingerprint density at radius 2 is 1.46 bits per heavy atom. The van der Waals surface area contributed by atoms with Crippen LogP contribution in [-0.4, -0.2) is 14.4 Å². The highest BCUT2D eigenvalue weighted by atomic mass is 32.2. The molecule has 6 heteroatoms. The third-order valence-electron chi connectivity index (χ3n) is 4.20. The van der Waals surface area contributed by atoms with Crippen LogP contribution in [0.25, 0.3) is 0 Å². The summed E-state index contributed by atoms with van der Waals surface area (Å²) in [5.41, 5.74) is 2.28. The molecule has 0 aliphatic carbocycles. The van der Waals surface area contributed by atoms with Gasteiger partial charge in [-0.25, -0.2) is 13.2 Å². The maximum atomic E-state index is 12.8. The molecule has 3 aromatic carbocycles. The largest absolute Gasteiger partial charge is 0.459 e. The van der Waals surface area contributed by atoms with Crippen LogP contribution in [0, 0.1) is 6.92 Å². The number of benzene rings is 3. The van der Waals surface area contributed by atoms with E-state index in [9.17, 15) is 13.2 Å². The van der Waals surface area contributed by atoms with E-state index in [1.807, 2.05) is 37.3 Å². The average molecular weight is 395 g/mol. The van der Waals surface area contributed by atoms with Gasteiger partial charge in [0.05, 0.1) is 4.90 Å². The summed E-state index contributed by atoms with van der Waals surface area (Å²) >= 11 is 0. The van der Waals surface area contributed by atoms with Crippen LogP contribution < -0.4 is 4.72 Å². The van der Waals surface area contributed by atoms with Crippen LogP contribution in [0.4, 0.5) is 0 Å². The van der Waals surface area contributed by atoms with E-state index in [1.54, 1.807) is 42.5 Å². The standard InChI is InChI=1S/C22H21NO4S/c1-17-12-14-20(15-13-17)28(25,26)23-21(19-10-6-3-7-11-19)22(24)27-16-18-8-4-2-5-9-18/h2-15,21,23H,16H2,1H3/t21-/m0/s1. The molecule has 0 amide bonds. The van der Waals surface area contributed by atoms with Gasteiger partial charge >= 0.3 is 5.97 Å². The predicted octanol–water partition coefficient (Wildman–Crippen LogP) is 3.76. The number of rotatable bonds is 7. The summed E-state index contributed by atoms with van der Waals surface area (Å²) < 4.78 is 33.4. The highest BCUT2D eigenvalue weighted by Gasteiger charge is 2.28. The molecule has 0 spiro atoms. The van der Waals surface area contributed by atoms with E-state index in [1.165, 1.54) is 12.1 Å². The van der Waals surface area contributed by atoms with Crippen molar-refractivity contribution in [2.24, 2.45) is 0 Å². The molecule has 0 aliphatic heterocycles. The number of aryl methyl sites for hydroxylation is 1. The van der Waals surface area contributed by atoms with Gasteiger partial charge in [0.15, 0.2) is 0 Å². The monoisotopic (exact) mass is 395 g/mol. The SMILES string of the molecule is Cc1ccc(S(=O)(=O)N[C@H](C(=O)OCc2ccccc2)c2ccccc2)cc1. The summed E-state index contributed by atoms with van der Waals surface area (Å²) in [5, 5.41) is 0. The fourth-order valence-electron chi connectivity index (χ4n) is 2.65. The molecule has 0 saturated carbocycles. The lowest BCUT2D eigenvalue weighted by Gasteiger charge is -2.18. The lowest BCUT2D eigenvalue weighted by Crippen LogP contribution is -2.35. The smallest absolute Gasteiger partial charge is 0.329 e. The van der Waals surface area contributed by atoms with Crippen LogP contribution in [-0.2, 0) is 26.2 Å². The van der Waals surface area contributed by atoms with Crippen molar-refractivity contribution in [1.29, 1.82) is 0 Å². The Labute approximate surface area is 165 Å². The van der Waals surface area contributed by atoms with Gasteiger partial charge < -0.3 is 4.74 Å². The van der Waals surface area contributed by atoms with Crippen LogP contribution >= 0.6 is 0 Å². The molecule has 0 radical (unpaired) electrons. The molecule has 0 bridgehead atoms. The van der Waals surface area contributed by atoms with Crippen molar-refractivity contribution >= 4 is 16.0 Å². The fourth-order valence-corrected chi connectivity index (χ4v) is 3.82. The molecule has 0 aromatic heterocycles. The molecule has 0 fully saturated rings. The fraction of sp³-hybridized carbons (Fsp3) is 0.136. The zero-order valence-corrected chi connectivity index (χ0v) is 16.2. The maximum absolute atomic E-state index is 12.8. The van der Waals surface area contributed by atoms with Crippen molar-refractivity contribution in [2.45, 2.75) is 24.5 Å². The maximum Gasteiger partial charge on any atom is 0.329 e. The van der Waals surface area contributed by atoms with Gasteiger partial charge in [0, 0.05) is 0 Å². The number of hydrogen-bond donors (Lipinski definition) is 1. The van der Waals surface area contributed by atoms with Crippen LogP contribution in [0.15, 0.2) is 89.8 Å². The average Bonchev–Trinajstić information content (AvgIpc) is 2.72. The van der Waals surface area contributed by atoms with Gasteiger partial charge in [0.1, 0.15) is 12.6 Å². The van der Waals surface area contributed by atoms with E-state index in [-0.39, 0.29) is 11.5 Å². The van der Waals surface area contributed by atoms with E-state index in [2.05, 4.69) is 4.72 Å². The van der Waals surface area contributed by atoms with Gasteiger partial charge in [-0.3, -0.25) is 0 Å². The molecule has 28 heavy (non-hydrogen) atoms. The zero-order chi connectivity index (χ0) is 20.0. The summed E-state index contributed by atoms with van der Waals surface area (Å²) in [7, 11) is -3.90. The molecule has 5 nitrogen and oxygen atoms in total. The van der Waals surface area contributed by atoms with Crippen LogP contribution in [0.2, 0.25) is 0 Å². The molecular formula is C22H21NO4S. The molecule has 3 aromatic rings. The summed E-state index contributed by atoms with van der Waals surface area (Å²) in [6.45, 7) is 1.94. The number of esters is 1. The van der Waals surface area contributed by atoms with E-state index >= 15 is 0 Å². The Bertz CT molecular complexity index is 1020. The van der Waals surface area contributed by atoms with Crippen molar-refractivity contribution in [2.75, 3.05) is 0 Å². The van der Waals surface area contributed by atoms with Crippen molar-refractivity contribution in [3.8, 4) is 0 Å². The molecule has 0 heterocycles. The van der Waals surface area contributed by atoms with Gasteiger partial charge in [-0.15, -0.1) is 0 Å². The molecule has 0 aliphatic rings.